The lowest BCUT2D eigenvalue weighted by atomic mass is 10.2. The summed E-state index contributed by atoms with van der Waals surface area (Å²) in [6, 6.07) is 9.88. The minimum Gasteiger partial charge on any atom is -0.459 e. The van der Waals surface area contributed by atoms with Crippen LogP contribution in [0.3, 0.4) is 0 Å². The van der Waals surface area contributed by atoms with Crippen molar-refractivity contribution < 1.29 is 9.21 Å². The van der Waals surface area contributed by atoms with Gasteiger partial charge in [-0.2, -0.15) is 5.10 Å². The molecular formula is C16H17BrN2O2S. The number of aryl methyl sites for hydroxylation is 2. The van der Waals surface area contributed by atoms with Crippen molar-refractivity contribution in [2.45, 2.75) is 30.9 Å². The largest absolute Gasteiger partial charge is 0.459 e. The van der Waals surface area contributed by atoms with Crippen molar-refractivity contribution in [3.05, 3.63) is 51.9 Å². The van der Waals surface area contributed by atoms with Crippen molar-refractivity contribution in [3.8, 4) is 0 Å². The molecule has 1 heterocycles. The summed E-state index contributed by atoms with van der Waals surface area (Å²) in [5.41, 5.74) is 3.73. The lowest BCUT2D eigenvalue weighted by molar-refractivity contribution is -0.120. The highest BCUT2D eigenvalue weighted by Crippen LogP contribution is 2.23. The van der Waals surface area contributed by atoms with Gasteiger partial charge in [-0.05, 0) is 48.8 Å². The average Bonchev–Trinajstić information content (AvgIpc) is 2.80. The molecule has 0 aliphatic rings. The molecule has 0 fully saturated rings. The van der Waals surface area contributed by atoms with E-state index in [0.717, 1.165) is 15.1 Å². The van der Waals surface area contributed by atoms with Crippen molar-refractivity contribution in [2.24, 2.45) is 5.10 Å². The van der Waals surface area contributed by atoms with Crippen molar-refractivity contribution >= 4 is 39.8 Å². The van der Waals surface area contributed by atoms with Crippen LogP contribution in [0.15, 0.2) is 49.2 Å². The Balaban J connectivity index is 1.87. The van der Waals surface area contributed by atoms with Crippen LogP contribution in [0.4, 0.5) is 0 Å². The summed E-state index contributed by atoms with van der Waals surface area (Å²) in [5, 5.41) is 3.69. The van der Waals surface area contributed by atoms with E-state index in [1.807, 2.05) is 45.0 Å². The second-order valence-corrected chi connectivity index (χ2v) is 7.13. The predicted molar refractivity (Wildman–Crippen MR) is 93.4 cm³/mol. The molecule has 0 spiro atoms. The van der Waals surface area contributed by atoms with E-state index in [1.165, 1.54) is 23.5 Å². The summed E-state index contributed by atoms with van der Waals surface area (Å²) in [6.07, 6.45) is 1.49. The fourth-order valence-corrected chi connectivity index (χ4v) is 2.84. The summed E-state index contributed by atoms with van der Waals surface area (Å²) < 4.78 is 6.29. The fraction of sp³-hybridized carbons (Fsp3) is 0.250. The summed E-state index contributed by atoms with van der Waals surface area (Å²) in [5.74, 6) is 1.21. The van der Waals surface area contributed by atoms with E-state index in [1.54, 1.807) is 6.07 Å². The predicted octanol–water partition coefficient (Wildman–Crippen LogP) is 4.29. The van der Waals surface area contributed by atoms with E-state index in [0.29, 0.717) is 5.76 Å². The van der Waals surface area contributed by atoms with Crippen LogP contribution in [0.1, 0.15) is 24.0 Å². The van der Waals surface area contributed by atoms with Crippen LogP contribution in [0.25, 0.3) is 0 Å². The van der Waals surface area contributed by atoms with E-state index < -0.39 is 0 Å². The number of hydrogen-bond donors (Lipinski definition) is 1. The van der Waals surface area contributed by atoms with Crippen LogP contribution < -0.4 is 5.43 Å². The first-order chi connectivity index (χ1) is 10.5. The smallest absolute Gasteiger partial charge is 0.253 e. The molecule has 0 aliphatic carbocycles. The number of thioether (sulfide) groups is 1. The Hall–Kier alpha value is -1.53. The number of hydrogen-bond acceptors (Lipinski definition) is 4. The Morgan fingerprint density at radius 1 is 1.36 bits per heavy atom. The van der Waals surface area contributed by atoms with Gasteiger partial charge in [0.2, 0.25) is 0 Å². The molecule has 4 nitrogen and oxygen atoms in total. The van der Waals surface area contributed by atoms with Gasteiger partial charge < -0.3 is 4.42 Å². The highest BCUT2D eigenvalue weighted by Gasteiger charge is 2.13. The normalized spacial score (nSPS) is 12.5. The van der Waals surface area contributed by atoms with Gasteiger partial charge >= 0.3 is 0 Å². The molecule has 1 N–H and O–H groups in total. The Bertz CT molecular complexity index is 660. The van der Waals surface area contributed by atoms with Gasteiger partial charge in [0.25, 0.3) is 5.91 Å². The summed E-state index contributed by atoms with van der Waals surface area (Å²) in [4.78, 5) is 13.0. The minimum absolute atomic E-state index is 0.149. The van der Waals surface area contributed by atoms with Gasteiger partial charge in [0.05, 0.1) is 15.9 Å². The van der Waals surface area contributed by atoms with Crippen LogP contribution in [0.2, 0.25) is 0 Å². The molecule has 1 aromatic heterocycles. The third-order valence-corrected chi connectivity index (χ3v) is 4.85. The van der Waals surface area contributed by atoms with Crippen LogP contribution in [-0.4, -0.2) is 17.4 Å². The first kappa shape index (κ1) is 16.8. The third-order valence-electron chi connectivity index (χ3n) is 2.95. The number of hydrazone groups is 1. The Morgan fingerprint density at radius 3 is 2.64 bits per heavy atom. The molecule has 2 aromatic rings. The number of benzene rings is 1. The maximum Gasteiger partial charge on any atom is 0.253 e. The zero-order valence-electron chi connectivity index (χ0n) is 12.6. The molecule has 1 aromatic carbocycles. The van der Waals surface area contributed by atoms with E-state index in [4.69, 9.17) is 4.42 Å². The fourth-order valence-electron chi connectivity index (χ4n) is 1.67. The van der Waals surface area contributed by atoms with E-state index in [2.05, 4.69) is 26.5 Å². The summed E-state index contributed by atoms with van der Waals surface area (Å²) in [6.45, 7) is 5.73. The minimum atomic E-state index is -0.232. The van der Waals surface area contributed by atoms with Crippen LogP contribution in [-0.2, 0) is 4.79 Å². The average molecular weight is 381 g/mol. The molecular weight excluding hydrogens is 364 g/mol. The molecule has 0 unspecified atom stereocenters. The monoisotopic (exact) mass is 380 g/mol. The van der Waals surface area contributed by atoms with Gasteiger partial charge in [0, 0.05) is 11.0 Å². The lowest BCUT2D eigenvalue weighted by Gasteiger charge is -2.09. The molecule has 22 heavy (non-hydrogen) atoms. The number of amides is 1. The number of carbonyl (C=O) groups excluding carboxylic acids is 1. The number of nitrogens with zero attached hydrogens (tertiary/aromatic N) is 1. The van der Waals surface area contributed by atoms with Crippen molar-refractivity contribution in [2.75, 3.05) is 0 Å². The molecule has 116 valence electrons. The van der Waals surface area contributed by atoms with Crippen molar-refractivity contribution in [1.29, 1.82) is 0 Å². The second-order valence-electron chi connectivity index (χ2n) is 4.86. The van der Waals surface area contributed by atoms with Crippen LogP contribution >= 0.6 is 27.7 Å². The Kier molecular flexibility index (Phi) is 5.85. The number of nitrogens with one attached hydrogen (secondary N) is 1. The molecule has 0 saturated carbocycles. The molecule has 2 rings (SSSR count). The van der Waals surface area contributed by atoms with Gasteiger partial charge in [0.1, 0.15) is 11.5 Å². The highest BCUT2D eigenvalue weighted by atomic mass is 79.9. The maximum absolute atomic E-state index is 12.0. The molecule has 0 saturated heterocycles. The topological polar surface area (TPSA) is 54.6 Å². The Morgan fingerprint density at radius 2 is 2.05 bits per heavy atom. The van der Waals surface area contributed by atoms with Crippen molar-refractivity contribution in [3.63, 3.8) is 0 Å². The summed E-state index contributed by atoms with van der Waals surface area (Å²) in [7, 11) is 0. The number of furan rings is 1. The van der Waals surface area contributed by atoms with Gasteiger partial charge in [-0.3, -0.25) is 4.79 Å². The Labute approximate surface area is 142 Å². The molecule has 0 radical (unpaired) electrons. The SMILES string of the molecule is Cc1ccc(S[C@@H](C)C(=O)N/N=C\c2cc(Br)c(C)o2)cc1. The summed E-state index contributed by atoms with van der Waals surface area (Å²) >= 11 is 4.85. The lowest BCUT2D eigenvalue weighted by Crippen LogP contribution is -2.26. The molecule has 0 aliphatic heterocycles. The first-order valence-corrected chi connectivity index (χ1v) is 8.45. The number of rotatable bonds is 5. The van der Waals surface area contributed by atoms with Crippen LogP contribution in [0.5, 0.6) is 0 Å². The molecule has 1 amide bonds. The highest BCUT2D eigenvalue weighted by molar-refractivity contribution is 9.10. The van der Waals surface area contributed by atoms with Gasteiger partial charge in [0.15, 0.2) is 0 Å². The quantitative estimate of drug-likeness (QED) is 0.478. The molecule has 6 heteroatoms. The van der Waals surface area contributed by atoms with Gasteiger partial charge in [-0.25, -0.2) is 5.43 Å². The zero-order valence-corrected chi connectivity index (χ0v) is 15.0. The number of halogens is 1. The molecule has 0 bridgehead atoms. The third kappa shape index (κ3) is 4.74. The maximum atomic E-state index is 12.0. The van der Waals surface area contributed by atoms with E-state index >= 15 is 0 Å². The second kappa shape index (κ2) is 7.65. The standard InChI is InChI=1S/C16H17BrN2O2S/c1-10-4-6-14(7-5-10)22-12(3)16(20)19-18-9-13-8-15(17)11(2)21-13/h4-9,12H,1-3H3,(H,19,20)/b18-9-/t12-/m0/s1. The van der Waals surface area contributed by atoms with Crippen LogP contribution in [0, 0.1) is 13.8 Å². The van der Waals surface area contributed by atoms with E-state index in [-0.39, 0.29) is 11.2 Å². The van der Waals surface area contributed by atoms with Gasteiger partial charge in [-0.1, -0.05) is 17.7 Å². The van der Waals surface area contributed by atoms with Gasteiger partial charge in [-0.15, -0.1) is 11.8 Å². The van der Waals surface area contributed by atoms with E-state index in [9.17, 15) is 4.79 Å². The van der Waals surface area contributed by atoms with Crippen molar-refractivity contribution in [1.82, 2.24) is 5.43 Å². The molecule has 1 atom stereocenters. The zero-order chi connectivity index (χ0) is 16.1. The first-order valence-electron chi connectivity index (χ1n) is 6.78. The number of carbonyl (C=O) groups is 1.